The minimum absolute atomic E-state index is 0.0166. The van der Waals surface area contributed by atoms with Gasteiger partial charge in [0.15, 0.2) is 0 Å². The summed E-state index contributed by atoms with van der Waals surface area (Å²) >= 11 is 1.88. The van der Waals surface area contributed by atoms with Crippen molar-refractivity contribution in [1.82, 2.24) is 0 Å². The first kappa shape index (κ1) is 42.4. The highest BCUT2D eigenvalue weighted by atomic mass is 32.1. The number of fused-ring (bicyclic) bond motifs is 10. The molecular formula is C59H57BF2N4S. The van der Waals surface area contributed by atoms with Gasteiger partial charge in [0.05, 0.1) is 34.2 Å². The first-order valence-corrected chi connectivity index (χ1v) is 25.1. The Hall–Kier alpha value is -5.91. The van der Waals surface area contributed by atoms with E-state index in [1.807, 2.05) is 64.8 Å². The maximum atomic E-state index is 16.8. The first-order valence-electron chi connectivity index (χ1n) is 24.2. The van der Waals surface area contributed by atoms with Gasteiger partial charge in [0, 0.05) is 48.7 Å². The Bertz CT molecular complexity index is 3280. The molecule has 1 aromatic heterocycles. The number of nitrogens with zero attached hydrogens (tertiary/aromatic N) is 4. The second-order valence-corrected chi connectivity index (χ2v) is 24.0. The van der Waals surface area contributed by atoms with E-state index in [1.54, 1.807) is 6.07 Å². The monoisotopic (exact) mass is 902 g/mol. The van der Waals surface area contributed by atoms with Crippen molar-refractivity contribution in [2.24, 2.45) is 0 Å². The van der Waals surface area contributed by atoms with Crippen LogP contribution in [0.25, 0.3) is 10.1 Å². The maximum absolute atomic E-state index is 16.8. The van der Waals surface area contributed by atoms with Crippen LogP contribution in [0.15, 0.2) is 109 Å². The Labute approximate surface area is 398 Å². The zero-order valence-corrected chi connectivity index (χ0v) is 41.0. The number of nitriles is 1. The molecule has 2 atom stereocenters. The maximum Gasteiger partial charge on any atom is 0.264 e. The molecule has 0 radical (unpaired) electrons. The Kier molecular flexibility index (Phi) is 8.92. The molecule has 12 rings (SSSR count). The molecule has 6 aromatic carbocycles. The van der Waals surface area contributed by atoms with E-state index in [1.165, 1.54) is 37.6 Å². The van der Waals surface area contributed by atoms with Gasteiger partial charge in [-0.15, -0.1) is 11.3 Å². The van der Waals surface area contributed by atoms with Crippen LogP contribution in [0, 0.1) is 23.0 Å². The summed E-state index contributed by atoms with van der Waals surface area (Å²) in [5, 5.41) is 11.1. The highest BCUT2D eigenvalue weighted by molar-refractivity contribution is 7.33. The van der Waals surface area contributed by atoms with Crippen LogP contribution in [-0.4, -0.2) is 12.3 Å². The second kappa shape index (κ2) is 14.1. The zero-order valence-electron chi connectivity index (χ0n) is 40.2. The number of thiophene rings is 1. The van der Waals surface area contributed by atoms with Crippen LogP contribution in [-0.2, 0) is 21.7 Å². The third kappa shape index (κ3) is 5.86. The van der Waals surface area contributed by atoms with Gasteiger partial charge in [-0.1, -0.05) is 92.5 Å². The van der Waals surface area contributed by atoms with Gasteiger partial charge in [-0.3, -0.25) is 0 Å². The molecule has 2 aliphatic carbocycles. The van der Waals surface area contributed by atoms with Crippen molar-refractivity contribution < 1.29 is 8.78 Å². The predicted molar refractivity (Wildman–Crippen MR) is 277 cm³/mol. The highest BCUT2D eigenvalue weighted by Crippen LogP contribution is 2.63. The fraction of sp³-hybridized carbons (Fsp3) is 0.339. The van der Waals surface area contributed by atoms with Gasteiger partial charge >= 0.3 is 0 Å². The van der Waals surface area contributed by atoms with Crippen LogP contribution >= 0.6 is 11.3 Å². The summed E-state index contributed by atoms with van der Waals surface area (Å²) < 4.78 is 35.9. The van der Waals surface area contributed by atoms with Crippen LogP contribution in [0.4, 0.5) is 54.3 Å². The lowest BCUT2D eigenvalue weighted by atomic mass is 9.36. The summed E-state index contributed by atoms with van der Waals surface area (Å²) in [6.45, 7) is 20.9. The van der Waals surface area contributed by atoms with Crippen LogP contribution in [0.1, 0.15) is 129 Å². The molecule has 0 spiro atoms. The molecule has 8 heteroatoms. The highest BCUT2D eigenvalue weighted by Gasteiger charge is 2.62. The summed E-state index contributed by atoms with van der Waals surface area (Å²) in [6.07, 6.45) is 6.31. The molecule has 0 saturated heterocycles. The predicted octanol–water partition coefficient (Wildman–Crippen LogP) is 14.5. The number of rotatable bonds is 4. The van der Waals surface area contributed by atoms with Crippen LogP contribution in [0.5, 0.6) is 0 Å². The molecule has 67 heavy (non-hydrogen) atoms. The molecule has 7 aromatic rings. The third-order valence-corrected chi connectivity index (χ3v) is 18.3. The lowest BCUT2D eigenvalue weighted by Gasteiger charge is -2.52. The van der Waals surface area contributed by atoms with E-state index in [0.717, 1.165) is 94.8 Å². The molecule has 3 aliphatic heterocycles. The number of halogens is 2. The van der Waals surface area contributed by atoms with Crippen LogP contribution < -0.4 is 30.4 Å². The number of hydrogen-bond acceptors (Lipinski definition) is 5. The normalized spacial score (nSPS) is 21.6. The van der Waals surface area contributed by atoms with E-state index in [-0.39, 0.29) is 45.5 Å². The van der Waals surface area contributed by atoms with Crippen molar-refractivity contribution in [3.05, 3.63) is 149 Å². The van der Waals surface area contributed by atoms with Gasteiger partial charge in [0.1, 0.15) is 11.6 Å². The number of para-hydroxylation sites is 1. The quantitative estimate of drug-likeness (QED) is 0.165. The minimum atomic E-state index is -0.361. The molecule has 5 aliphatic rings. The number of benzene rings is 6. The smallest absolute Gasteiger partial charge is 0.264 e. The molecule has 0 N–H and O–H groups in total. The van der Waals surface area contributed by atoms with Crippen LogP contribution in [0.3, 0.4) is 0 Å². The lowest BCUT2D eigenvalue weighted by molar-refractivity contribution is 0.195. The summed E-state index contributed by atoms with van der Waals surface area (Å²) in [6, 6.07) is 39.1. The average molecular weight is 903 g/mol. The van der Waals surface area contributed by atoms with E-state index >= 15 is 8.78 Å². The van der Waals surface area contributed by atoms with E-state index in [9.17, 15) is 5.26 Å². The molecule has 4 nitrogen and oxygen atoms in total. The molecule has 4 heterocycles. The largest absolute Gasteiger partial charge is 0.335 e. The number of anilines is 8. The minimum Gasteiger partial charge on any atom is -0.335 e. The van der Waals surface area contributed by atoms with Gasteiger partial charge in [0.2, 0.25) is 0 Å². The first-order chi connectivity index (χ1) is 31.8. The fourth-order valence-electron chi connectivity index (χ4n) is 13.1. The third-order valence-electron chi connectivity index (χ3n) is 17.1. The van der Waals surface area contributed by atoms with Gasteiger partial charge in [-0.2, -0.15) is 5.26 Å². The van der Waals surface area contributed by atoms with Crippen molar-refractivity contribution >= 4 is 89.3 Å². The fourth-order valence-corrected chi connectivity index (χ4v) is 14.4. The van der Waals surface area contributed by atoms with Gasteiger partial charge < -0.3 is 14.7 Å². The van der Waals surface area contributed by atoms with E-state index < -0.39 is 0 Å². The number of hydrogen-bond donors (Lipinski definition) is 0. The van der Waals surface area contributed by atoms with Crippen molar-refractivity contribution in [2.75, 3.05) is 14.7 Å². The summed E-state index contributed by atoms with van der Waals surface area (Å²) in [5.41, 5.74) is 14.6. The summed E-state index contributed by atoms with van der Waals surface area (Å²) in [4.78, 5) is 7.12. The van der Waals surface area contributed by atoms with Crippen molar-refractivity contribution in [3.8, 4) is 6.07 Å². The van der Waals surface area contributed by atoms with E-state index in [4.69, 9.17) is 0 Å². The van der Waals surface area contributed by atoms with Crippen molar-refractivity contribution in [2.45, 2.75) is 128 Å². The Morgan fingerprint density at radius 2 is 1.37 bits per heavy atom. The van der Waals surface area contributed by atoms with Gasteiger partial charge in [-0.05, 0) is 167 Å². The zero-order chi connectivity index (χ0) is 46.7. The molecule has 0 bridgehead atoms. The van der Waals surface area contributed by atoms with Gasteiger partial charge in [-0.25, -0.2) is 8.78 Å². The average Bonchev–Trinajstić information content (AvgIpc) is 3.76. The molecule has 1 saturated carbocycles. The lowest BCUT2D eigenvalue weighted by Crippen LogP contribution is -2.64. The summed E-state index contributed by atoms with van der Waals surface area (Å²) in [7, 11) is 0. The van der Waals surface area contributed by atoms with Crippen molar-refractivity contribution in [1.29, 1.82) is 5.26 Å². The molecular weight excluding hydrogens is 846 g/mol. The molecule has 336 valence electrons. The SMILES string of the molecule is CC(C)(C)c1ccc(N2c3cc(N(c4ccc(C#N)cc4)c4ccccc4F)cc4c3B(c3cc(F)cc5c3N4C3(C)CCCCC53C)c3sc4cc5c(cc4c32)C(C)(C)CCC5(C)C)cc1. The summed E-state index contributed by atoms with van der Waals surface area (Å²) in [5.74, 6) is -0.525. The Balaban J connectivity index is 1.24. The molecule has 0 amide bonds. The van der Waals surface area contributed by atoms with Crippen LogP contribution in [0.2, 0.25) is 0 Å². The van der Waals surface area contributed by atoms with Gasteiger partial charge in [0.25, 0.3) is 6.71 Å². The van der Waals surface area contributed by atoms with Crippen molar-refractivity contribution in [3.63, 3.8) is 0 Å². The second-order valence-electron chi connectivity index (χ2n) is 22.9. The Morgan fingerprint density at radius 1 is 0.701 bits per heavy atom. The molecule has 2 unspecified atom stereocenters. The topological polar surface area (TPSA) is 33.5 Å². The van der Waals surface area contributed by atoms with E-state index in [2.05, 4.69) is 127 Å². The standard InChI is InChI=1S/C59H57BF2N4S/c1-55(2,3)36-18-22-39(23-19-36)65-48-30-40(64(47-15-11-10-14-46(47)62)38-20-16-35(34-63)17-21-38)31-49-51(48)60(45-29-37(61)28-44-53(45)66(49)59(9)25-13-12-24-58(44,59)8)54-52(65)41-32-42-43(33-50(41)67-54)57(6,7)27-26-56(42,4)5/h10-11,14-23,28-33H,12-13,24-27H2,1-9H3. The van der Waals surface area contributed by atoms with E-state index in [0.29, 0.717) is 11.3 Å². The molecule has 1 fully saturated rings. The Morgan fingerprint density at radius 3 is 2.06 bits per heavy atom.